The van der Waals surface area contributed by atoms with Crippen molar-refractivity contribution < 1.29 is 9.53 Å². The van der Waals surface area contributed by atoms with E-state index >= 15 is 0 Å². The highest BCUT2D eigenvalue weighted by Gasteiger charge is 2.02. The molecule has 0 saturated heterocycles. The zero-order valence-electron chi connectivity index (χ0n) is 12.5. The van der Waals surface area contributed by atoms with Crippen LogP contribution in [-0.4, -0.2) is 25.6 Å². The Hall–Kier alpha value is -1.55. The predicted octanol–water partition coefficient (Wildman–Crippen LogP) is 2.43. The van der Waals surface area contributed by atoms with Crippen molar-refractivity contribution in [2.75, 3.05) is 19.7 Å². The van der Waals surface area contributed by atoms with Gasteiger partial charge in [-0.3, -0.25) is 4.79 Å². The van der Waals surface area contributed by atoms with Gasteiger partial charge in [-0.1, -0.05) is 26.0 Å². The van der Waals surface area contributed by atoms with Crippen LogP contribution in [-0.2, 0) is 4.79 Å². The highest BCUT2D eigenvalue weighted by molar-refractivity contribution is 5.75. The maximum atomic E-state index is 11.5. The third-order valence-electron chi connectivity index (χ3n) is 3.10. The van der Waals surface area contributed by atoms with Gasteiger partial charge in [0.1, 0.15) is 5.75 Å². The summed E-state index contributed by atoms with van der Waals surface area (Å²) in [5.74, 6) is 1.36. The van der Waals surface area contributed by atoms with Crippen LogP contribution in [0.15, 0.2) is 24.3 Å². The number of hydrogen-bond donors (Lipinski definition) is 2. The van der Waals surface area contributed by atoms with E-state index in [2.05, 4.69) is 31.3 Å². The number of unbranched alkanes of at least 4 members (excludes halogenated alkanes) is 1. The Morgan fingerprint density at radius 1 is 1.25 bits per heavy atom. The molecule has 1 rings (SSSR count). The van der Waals surface area contributed by atoms with Gasteiger partial charge >= 0.3 is 0 Å². The molecule has 0 aliphatic heterocycles. The Labute approximate surface area is 121 Å². The average Bonchev–Trinajstić information content (AvgIpc) is 2.44. The van der Waals surface area contributed by atoms with E-state index in [1.807, 2.05) is 12.1 Å². The highest BCUT2D eigenvalue weighted by Crippen LogP contribution is 2.18. The van der Waals surface area contributed by atoms with Crippen LogP contribution in [0, 0.1) is 0 Å². The molecular weight excluding hydrogens is 252 g/mol. The molecule has 0 radical (unpaired) electrons. The maximum absolute atomic E-state index is 11.5. The van der Waals surface area contributed by atoms with Gasteiger partial charge in [0.2, 0.25) is 5.91 Å². The molecular formula is C16H26N2O2. The lowest BCUT2D eigenvalue weighted by atomic mass is 10.0. The van der Waals surface area contributed by atoms with E-state index in [9.17, 15) is 4.79 Å². The van der Waals surface area contributed by atoms with E-state index in [-0.39, 0.29) is 5.91 Å². The first-order chi connectivity index (χ1) is 9.63. The summed E-state index contributed by atoms with van der Waals surface area (Å²) in [7, 11) is 0. The number of nitrogens with two attached hydrogens (primary N) is 1. The summed E-state index contributed by atoms with van der Waals surface area (Å²) in [6, 6.07) is 8.03. The number of rotatable bonds is 9. The minimum Gasteiger partial charge on any atom is -0.493 e. The largest absolute Gasteiger partial charge is 0.493 e. The fourth-order valence-electron chi connectivity index (χ4n) is 1.80. The van der Waals surface area contributed by atoms with Crippen molar-refractivity contribution in [1.29, 1.82) is 0 Å². The van der Waals surface area contributed by atoms with Crippen molar-refractivity contribution in [1.82, 2.24) is 5.32 Å². The average molecular weight is 278 g/mol. The number of amides is 1. The van der Waals surface area contributed by atoms with Crippen molar-refractivity contribution in [2.24, 2.45) is 5.73 Å². The highest BCUT2D eigenvalue weighted by atomic mass is 16.5. The smallest absolute Gasteiger partial charge is 0.223 e. The molecule has 0 aliphatic rings. The Morgan fingerprint density at radius 3 is 2.55 bits per heavy atom. The molecule has 0 bridgehead atoms. The normalized spacial score (nSPS) is 10.6. The zero-order valence-corrected chi connectivity index (χ0v) is 12.5. The minimum absolute atomic E-state index is 0.0285. The standard InChI is InChI=1S/C16H26N2O2/c1-13(2)14-5-7-15(8-6-14)20-12-9-16(19)18-11-4-3-10-17/h5-8,13H,3-4,9-12,17H2,1-2H3,(H,18,19). The second kappa shape index (κ2) is 9.37. The summed E-state index contributed by atoms with van der Waals surface area (Å²) >= 11 is 0. The summed E-state index contributed by atoms with van der Waals surface area (Å²) in [4.78, 5) is 11.5. The lowest BCUT2D eigenvalue weighted by Crippen LogP contribution is -2.26. The molecule has 3 N–H and O–H groups in total. The Kier molecular flexibility index (Phi) is 7.73. The number of hydrogen-bond acceptors (Lipinski definition) is 3. The molecule has 1 aromatic carbocycles. The minimum atomic E-state index is 0.0285. The molecule has 0 saturated carbocycles. The first kappa shape index (κ1) is 16.5. The van der Waals surface area contributed by atoms with E-state index < -0.39 is 0 Å². The first-order valence-electron chi connectivity index (χ1n) is 7.33. The fourth-order valence-corrected chi connectivity index (χ4v) is 1.80. The molecule has 0 atom stereocenters. The second-order valence-electron chi connectivity index (χ2n) is 5.17. The van der Waals surface area contributed by atoms with E-state index in [0.29, 0.717) is 32.0 Å². The van der Waals surface area contributed by atoms with E-state index in [1.54, 1.807) is 0 Å². The summed E-state index contributed by atoms with van der Waals surface area (Å²) in [5, 5.41) is 2.85. The van der Waals surface area contributed by atoms with Crippen LogP contribution in [0.1, 0.15) is 44.6 Å². The lowest BCUT2D eigenvalue weighted by molar-refractivity contribution is -0.121. The molecule has 0 spiro atoms. The molecule has 4 nitrogen and oxygen atoms in total. The summed E-state index contributed by atoms with van der Waals surface area (Å²) in [5.41, 5.74) is 6.67. The quantitative estimate of drug-likeness (QED) is 0.682. The lowest BCUT2D eigenvalue weighted by Gasteiger charge is -2.09. The number of carbonyl (C=O) groups excluding carboxylic acids is 1. The van der Waals surface area contributed by atoms with Crippen molar-refractivity contribution in [3.8, 4) is 5.75 Å². The van der Waals surface area contributed by atoms with Crippen LogP contribution >= 0.6 is 0 Å². The van der Waals surface area contributed by atoms with Crippen LogP contribution in [0.3, 0.4) is 0 Å². The molecule has 112 valence electrons. The SMILES string of the molecule is CC(C)c1ccc(OCCC(=O)NCCCCN)cc1. The van der Waals surface area contributed by atoms with E-state index in [1.165, 1.54) is 5.56 Å². The molecule has 0 aliphatic carbocycles. The van der Waals surface area contributed by atoms with Gasteiger partial charge in [0, 0.05) is 6.54 Å². The molecule has 1 amide bonds. The Bertz CT molecular complexity index is 388. The monoisotopic (exact) mass is 278 g/mol. The van der Waals surface area contributed by atoms with E-state index in [0.717, 1.165) is 18.6 Å². The fraction of sp³-hybridized carbons (Fsp3) is 0.562. The number of ether oxygens (including phenoxy) is 1. The Morgan fingerprint density at radius 2 is 1.95 bits per heavy atom. The maximum Gasteiger partial charge on any atom is 0.223 e. The van der Waals surface area contributed by atoms with Crippen LogP contribution < -0.4 is 15.8 Å². The van der Waals surface area contributed by atoms with Gasteiger partial charge in [-0.05, 0) is 43.0 Å². The van der Waals surface area contributed by atoms with Gasteiger partial charge in [-0.25, -0.2) is 0 Å². The molecule has 20 heavy (non-hydrogen) atoms. The zero-order chi connectivity index (χ0) is 14.8. The van der Waals surface area contributed by atoms with Gasteiger partial charge in [-0.15, -0.1) is 0 Å². The van der Waals surface area contributed by atoms with Gasteiger partial charge in [0.15, 0.2) is 0 Å². The van der Waals surface area contributed by atoms with Crippen LogP contribution in [0.2, 0.25) is 0 Å². The van der Waals surface area contributed by atoms with Gasteiger partial charge in [0.25, 0.3) is 0 Å². The van der Waals surface area contributed by atoms with Crippen LogP contribution in [0.5, 0.6) is 5.75 Å². The summed E-state index contributed by atoms with van der Waals surface area (Å²) in [6.07, 6.45) is 2.26. The third kappa shape index (κ3) is 6.57. The number of carbonyl (C=O) groups is 1. The number of benzene rings is 1. The topological polar surface area (TPSA) is 64.3 Å². The van der Waals surface area contributed by atoms with Gasteiger partial charge < -0.3 is 15.8 Å². The van der Waals surface area contributed by atoms with Crippen molar-refractivity contribution >= 4 is 5.91 Å². The van der Waals surface area contributed by atoms with Gasteiger partial charge in [-0.2, -0.15) is 0 Å². The number of nitrogens with one attached hydrogen (secondary N) is 1. The van der Waals surface area contributed by atoms with Crippen molar-refractivity contribution in [2.45, 2.75) is 39.0 Å². The second-order valence-corrected chi connectivity index (χ2v) is 5.17. The summed E-state index contributed by atoms with van der Waals surface area (Å²) < 4.78 is 5.56. The van der Waals surface area contributed by atoms with Crippen LogP contribution in [0.25, 0.3) is 0 Å². The molecule has 4 heteroatoms. The van der Waals surface area contributed by atoms with Crippen molar-refractivity contribution in [3.63, 3.8) is 0 Å². The van der Waals surface area contributed by atoms with Crippen molar-refractivity contribution in [3.05, 3.63) is 29.8 Å². The Balaban J connectivity index is 2.18. The van der Waals surface area contributed by atoms with E-state index in [4.69, 9.17) is 10.5 Å². The summed E-state index contributed by atoms with van der Waals surface area (Å²) in [6.45, 7) is 6.09. The third-order valence-corrected chi connectivity index (χ3v) is 3.10. The molecule has 1 aromatic rings. The molecule has 0 heterocycles. The first-order valence-corrected chi connectivity index (χ1v) is 7.33. The van der Waals surface area contributed by atoms with Gasteiger partial charge in [0.05, 0.1) is 13.0 Å². The molecule has 0 fully saturated rings. The molecule has 0 aromatic heterocycles. The van der Waals surface area contributed by atoms with Crippen LogP contribution in [0.4, 0.5) is 0 Å². The molecule has 0 unspecified atom stereocenters. The predicted molar refractivity (Wildman–Crippen MR) is 81.9 cm³/mol.